The summed E-state index contributed by atoms with van der Waals surface area (Å²) in [5, 5.41) is 5.80. The summed E-state index contributed by atoms with van der Waals surface area (Å²) in [6.45, 7) is 13.7. The van der Waals surface area contributed by atoms with Crippen molar-refractivity contribution in [2.24, 2.45) is 7.05 Å². The van der Waals surface area contributed by atoms with Gasteiger partial charge >= 0.3 is 0 Å². The van der Waals surface area contributed by atoms with Crippen LogP contribution in [0.15, 0.2) is 18.3 Å². The molecular formula is C17H26N2. The fourth-order valence-electron chi connectivity index (χ4n) is 2.68. The van der Waals surface area contributed by atoms with Crippen LogP contribution in [0.2, 0.25) is 0 Å². The maximum absolute atomic E-state index is 4.50. The lowest BCUT2D eigenvalue weighted by Gasteiger charge is -2.27. The maximum atomic E-state index is 4.50. The predicted octanol–water partition coefficient (Wildman–Crippen LogP) is 4.56. The Bertz CT molecular complexity index is 597. The first-order valence-electron chi connectivity index (χ1n) is 7.14. The van der Waals surface area contributed by atoms with E-state index in [1.807, 2.05) is 17.9 Å². The van der Waals surface area contributed by atoms with E-state index in [9.17, 15) is 0 Å². The first-order valence-corrected chi connectivity index (χ1v) is 7.14. The standard InChI is InChI=1S/C17H26N2/c1-8-17(5,6)14-10-9-13(16(2,3)4)12-11-18-19(7)15(12)14/h9-11H,8H2,1-7H3. The average Bonchev–Trinajstić information content (AvgIpc) is 2.69. The number of fused-ring (bicyclic) bond motifs is 1. The Balaban J connectivity index is 2.82. The third kappa shape index (κ3) is 2.29. The average molecular weight is 258 g/mol. The van der Waals surface area contributed by atoms with Gasteiger partial charge in [-0.15, -0.1) is 0 Å². The van der Waals surface area contributed by atoms with Gasteiger partial charge in [-0.05, 0) is 28.4 Å². The van der Waals surface area contributed by atoms with Gasteiger partial charge in [0.1, 0.15) is 0 Å². The minimum Gasteiger partial charge on any atom is -0.268 e. The highest BCUT2D eigenvalue weighted by molar-refractivity contribution is 5.87. The molecule has 0 saturated heterocycles. The van der Waals surface area contributed by atoms with Gasteiger partial charge in [0.15, 0.2) is 0 Å². The molecule has 2 heteroatoms. The summed E-state index contributed by atoms with van der Waals surface area (Å²) in [5.41, 5.74) is 4.40. The molecule has 0 radical (unpaired) electrons. The molecule has 2 aromatic rings. The SMILES string of the molecule is CCC(C)(C)c1ccc(C(C)(C)C)c2cnn(C)c12. The van der Waals surface area contributed by atoms with Crippen molar-refractivity contribution >= 4 is 10.9 Å². The molecule has 1 aromatic carbocycles. The van der Waals surface area contributed by atoms with E-state index >= 15 is 0 Å². The highest BCUT2D eigenvalue weighted by atomic mass is 15.2. The van der Waals surface area contributed by atoms with E-state index in [4.69, 9.17) is 0 Å². The van der Waals surface area contributed by atoms with Crippen LogP contribution in [0, 0.1) is 0 Å². The van der Waals surface area contributed by atoms with E-state index in [0.29, 0.717) is 0 Å². The zero-order valence-electron chi connectivity index (χ0n) is 13.3. The highest BCUT2D eigenvalue weighted by Gasteiger charge is 2.26. The quantitative estimate of drug-likeness (QED) is 0.772. The van der Waals surface area contributed by atoms with Gasteiger partial charge in [-0.3, -0.25) is 4.68 Å². The van der Waals surface area contributed by atoms with Gasteiger partial charge in [0.2, 0.25) is 0 Å². The third-order valence-corrected chi connectivity index (χ3v) is 4.32. The van der Waals surface area contributed by atoms with E-state index in [-0.39, 0.29) is 10.8 Å². The van der Waals surface area contributed by atoms with Gasteiger partial charge < -0.3 is 0 Å². The number of aryl methyl sites for hydroxylation is 1. The van der Waals surface area contributed by atoms with Crippen LogP contribution in [-0.4, -0.2) is 9.78 Å². The Morgan fingerprint density at radius 3 is 2.16 bits per heavy atom. The molecular weight excluding hydrogens is 232 g/mol. The summed E-state index contributed by atoms with van der Waals surface area (Å²) < 4.78 is 2.03. The lowest BCUT2D eigenvalue weighted by atomic mass is 9.78. The van der Waals surface area contributed by atoms with Crippen LogP contribution in [0.1, 0.15) is 59.1 Å². The van der Waals surface area contributed by atoms with Crippen molar-refractivity contribution < 1.29 is 0 Å². The summed E-state index contributed by atoms with van der Waals surface area (Å²) >= 11 is 0. The summed E-state index contributed by atoms with van der Waals surface area (Å²) in [5.74, 6) is 0. The van der Waals surface area contributed by atoms with Crippen molar-refractivity contribution in [1.82, 2.24) is 9.78 Å². The van der Waals surface area contributed by atoms with Gasteiger partial charge in [-0.1, -0.05) is 53.7 Å². The van der Waals surface area contributed by atoms with Crippen molar-refractivity contribution in [2.75, 3.05) is 0 Å². The van der Waals surface area contributed by atoms with Gasteiger partial charge in [-0.25, -0.2) is 0 Å². The van der Waals surface area contributed by atoms with Crippen LogP contribution in [0.4, 0.5) is 0 Å². The number of hydrogen-bond acceptors (Lipinski definition) is 1. The minimum atomic E-state index is 0.149. The lowest BCUT2D eigenvalue weighted by molar-refractivity contribution is 0.507. The molecule has 1 heterocycles. The molecule has 19 heavy (non-hydrogen) atoms. The van der Waals surface area contributed by atoms with E-state index < -0.39 is 0 Å². The molecule has 0 aliphatic rings. The molecule has 0 atom stereocenters. The summed E-state index contributed by atoms with van der Waals surface area (Å²) in [7, 11) is 2.05. The topological polar surface area (TPSA) is 17.8 Å². The molecule has 0 spiro atoms. The van der Waals surface area contributed by atoms with Crippen molar-refractivity contribution in [1.29, 1.82) is 0 Å². The van der Waals surface area contributed by atoms with Crippen molar-refractivity contribution in [3.63, 3.8) is 0 Å². The van der Waals surface area contributed by atoms with E-state index in [2.05, 4.69) is 58.8 Å². The molecule has 0 saturated carbocycles. The number of hydrogen-bond donors (Lipinski definition) is 0. The largest absolute Gasteiger partial charge is 0.268 e. The van der Waals surface area contributed by atoms with Gasteiger partial charge in [0, 0.05) is 12.4 Å². The first-order chi connectivity index (χ1) is 8.68. The summed E-state index contributed by atoms with van der Waals surface area (Å²) in [6, 6.07) is 4.59. The number of aromatic nitrogens is 2. The molecule has 0 fully saturated rings. The Kier molecular flexibility index (Phi) is 3.24. The zero-order chi connectivity index (χ0) is 14.4. The Morgan fingerprint density at radius 2 is 1.63 bits per heavy atom. The molecule has 0 aliphatic heterocycles. The lowest BCUT2D eigenvalue weighted by Crippen LogP contribution is -2.19. The Labute approximate surface area is 116 Å². The normalized spacial score (nSPS) is 13.2. The molecule has 1 aromatic heterocycles. The maximum Gasteiger partial charge on any atom is 0.0719 e. The van der Waals surface area contributed by atoms with Gasteiger partial charge in [-0.2, -0.15) is 5.10 Å². The minimum absolute atomic E-state index is 0.149. The van der Waals surface area contributed by atoms with Crippen molar-refractivity contribution in [2.45, 2.75) is 58.8 Å². The predicted molar refractivity (Wildman–Crippen MR) is 82.7 cm³/mol. The van der Waals surface area contributed by atoms with Crippen molar-refractivity contribution in [3.05, 3.63) is 29.5 Å². The van der Waals surface area contributed by atoms with Crippen LogP contribution in [0.25, 0.3) is 10.9 Å². The van der Waals surface area contributed by atoms with Crippen LogP contribution in [0.5, 0.6) is 0 Å². The summed E-state index contributed by atoms with van der Waals surface area (Å²) in [4.78, 5) is 0. The first kappa shape index (κ1) is 14.1. The molecule has 0 unspecified atom stereocenters. The fraction of sp³-hybridized carbons (Fsp3) is 0.588. The van der Waals surface area contributed by atoms with Gasteiger partial charge in [0.25, 0.3) is 0 Å². The Hall–Kier alpha value is -1.31. The Morgan fingerprint density at radius 1 is 1.05 bits per heavy atom. The van der Waals surface area contributed by atoms with Crippen LogP contribution in [0.3, 0.4) is 0 Å². The smallest absolute Gasteiger partial charge is 0.0719 e. The van der Waals surface area contributed by atoms with E-state index in [1.54, 1.807) is 0 Å². The number of rotatable bonds is 2. The van der Waals surface area contributed by atoms with Crippen LogP contribution < -0.4 is 0 Å². The summed E-state index contributed by atoms with van der Waals surface area (Å²) in [6.07, 6.45) is 3.15. The monoisotopic (exact) mass is 258 g/mol. The third-order valence-electron chi connectivity index (χ3n) is 4.32. The van der Waals surface area contributed by atoms with Crippen LogP contribution in [-0.2, 0) is 17.9 Å². The molecule has 0 amide bonds. The molecule has 0 aliphatic carbocycles. The zero-order valence-corrected chi connectivity index (χ0v) is 13.3. The molecule has 0 bridgehead atoms. The second-order valence-electron chi connectivity index (χ2n) is 7.18. The van der Waals surface area contributed by atoms with Crippen LogP contribution >= 0.6 is 0 Å². The van der Waals surface area contributed by atoms with Gasteiger partial charge in [0.05, 0.1) is 11.7 Å². The molecule has 0 N–H and O–H groups in total. The number of nitrogens with zero attached hydrogens (tertiary/aromatic N) is 2. The molecule has 104 valence electrons. The highest BCUT2D eigenvalue weighted by Crippen LogP contribution is 2.37. The van der Waals surface area contributed by atoms with Crippen molar-refractivity contribution in [3.8, 4) is 0 Å². The molecule has 2 nitrogen and oxygen atoms in total. The number of benzene rings is 1. The van der Waals surface area contributed by atoms with E-state index in [1.165, 1.54) is 22.0 Å². The van der Waals surface area contributed by atoms with E-state index in [0.717, 1.165) is 6.42 Å². The molecule has 2 rings (SSSR count). The second kappa shape index (κ2) is 4.36. The second-order valence-corrected chi connectivity index (χ2v) is 7.18. The fourth-order valence-corrected chi connectivity index (χ4v) is 2.68.